The molecule has 1 atom stereocenters. The van der Waals surface area contributed by atoms with Gasteiger partial charge in [0.1, 0.15) is 5.01 Å². The van der Waals surface area contributed by atoms with Crippen LogP contribution in [0.3, 0.4) is 0 Å². The molecule has 0 fully saturated rings. The average Bonchev–Trinajstić information content (AvgIpc) is 2.95. The maximum atomic E-state index is 11.9. The maximum Gasteiger partial charge on any atom is 0.355 e. The molecular formula is C14H15N3O3S. The van der Waals surface area contributed by atoms with Crippen molar-refractivity contribution in [2.75, 3.05) is 0 Å². The van der Waals surface area contributed by atoms with Gasteiger partial charge in [-0.15, -0.1) is 11.3 Å². The summed E-state index contributed by atoms with van der Waals surface area (Å²) < 4.78 is 0. The summed E-state index contributed by atoms with van der Waals surface area (Å²) in [6, 6.07) is 8.86. The summed E-state index contributed by atoms with van der Waals surface area (Å²) in [4.78, 5) is 26.5. The number of nitrogens with zero attached hydrogens (tertiary/aromatic N) is 1. The van der Waals surface area contributed by atoms with Crippen LogP contribution in [0.15, 0.2) is 35.7 Å². The van der Waals surface area contributed by atoms with E-state index in [0.717, 1.165) is 5.56 Å². The molecule has 7 heteroatoms. The summed E-state index contributed by atoms with van der Waals surface area (Å²) in [5.74, 6) is -1.37. The Bertz CT molecular complexity index is 627. The summed E-state index contributed by atoms with van der Waals surface area (Å²) in [7, 11) is 0. The number of carboxylic acids is 1. The minimum absolute atomic E-state index is 0.0159. The zero-order chi connectivity index (χ0) is 15.2. The second kappa shape index (κ2) is 6.96. The van der Waals surface area contributed by atoms with Gasteiger partial charge in [0.2, 0.25) is 5.91 Å². The molecule has 0 aliphatic heterocycles. The number of carbonyl (C=O) groups excluding carboxylic acids is 1. The lowest BCUT2D eigenvalue weighted by atomic mass is 10.1. The van der Waals surface area contributed by atoms with Crippen LogP contribution in [-0.4, -0.2) is 28.0 Å². The third kappa shape index (κ3) is 4.37. The predicted octanol–water partition coefficient (Wildman–Crippen LogP) is 1.03. The Labute approximate surface area is 125 Å². The number of hydrogen-bond donors (Lipinski definition) is 3. The third-order valence-electron chi connectivity index (χ3n) is 2.82. The first kappa shape index (κ1) is 15.1. The van der Waals surface area contributed by atoms with Crippen molar-refractivity contribution in [1.82, 2.24) is 10.3 Å². The molecule has 2 rings (SSSR count). The first-order valence-electron chi connectivity index (χ1n) is 6.31. The molecule has 4 N–H and O–H groups in total. The Morgan fingerprint density at radius 1 is 1.33 bits per heavy atom. The molecule has 0 aliphatic carbocycles. The van der Waals surface area contributed by atoms with E-state index in [1.807, 2.05) is 30.3 Å². The normalized spacial score (nSPS) is 11.9. The number of benzene rings is 1. The van der Waals surface area contributed by atoms with Crippen LogP contribution in [0.2, 0.25) is 0 Å². The number of aromatic nitrogens is 1. The summed E-state index contributed by atoms with van der Waals surface area (Å²) in [6.45, 7) is 0.180. The van der Waals surface area contributed by atoms with Crippen molar-refractivity contribution < 1.29 is 14.7 Å². The van der Waals surface area contributed by atoms with Crippen LogP contribution in [0.4, 0.5) is 0 Å². The summed E-state index contributed by atoms with van der Waals surface area (Å²) in [5, 5.41) is 13.4. The second-order valence-corrected chi connectivity index (χ2v) is 5.39. The highest BCUT2D eigenvalue weighted by molar-refractivity contribution is 7.09. The molecule has 6 nitrogen and oxygen atoms in total. The van der Waals surface area contributed by atoms with Gasteiger partial charge in [0.05, 0.1) is 12.6 Å². The number of hydrogen-bond acceptors (Lipinski definition) is 5. The van der Waals surface area contributed by atoms with Gasteiger partial charge in [-0.3, -0.25) is 4.79 Å². The molecular weight excluding hydrogens is 290 g/mol. The fourth-order valence-electron chi connectivity index (χ4n) is 1.74. The lowest BCUT2D eigenvalue weighted by molar-refractivity contribution is -0.122. The van der Waals surface area contributed by atoms with E-state index in [1.54, 1.807) is 0 Å². The van der Waals surface area contributed by atoms with Gasteiger partial charge < -0.3 is 16.2 Å². The molecule has 0 saturated carbocycles. The van der Waals surface area contributed by atoms with Crippen molar-refractivity contribution in [3.63, 3.8) is 0 Å². The van der Waals surface area contributed by atoms with Crippen LogP contribution >= 0.6 is 11.3 Å². The summed E-state index contributed by atoms with van der Waals surface area (Å²) in [5.41, 5.74) is 6.82. The van der Waals surface area contributed by atoms with E-state index in [2.05, 4.69) is 10.3 Å². The molecule has 2 aromatic rings. The molecule has 110 valence electrons. The van der Waals surface area contributed by atoms with Crippen molar-refractivity contribution >= 4 is 23.2 Å². The molecule has 0 radical (unpaired) electrons. The molecule has 0 spiro atoms. The number of thiazole rings is 1. The van der Waals surface area contributed by atoms with E-state index in [-0.39, 0.29) is 18.1 Å². The van der Waals surface area contributed by atoms with E-state index >= 15 is 0 Å². The molecule has 0 aliphatic rings. The molecule has 1 heterocycles. The second-order valence-electron chi connectivity index (χ2n) is 4.45. The van der Waals surface area contributed by atoms with Crippen molar-refractivity contribution in [1.29, 1.82) is 0 Å². The van der Waals surface area contributed by atoms with E-state index in [0.29, 0.717) is 11.4 Å². The first-order valence-corrected chi connectivity index (χ1v) is 7.19. The zero-order valence-electron chi connectivity index (χ0n) is 11.2. The molecule has 21 heavy (non-hydrogen) atoms. The quantitative estimate of drug-likeness (QED) is 0.739. The standard InChI is InChI=1S/C14H15N3O3S/c15-10(6-9-4-2-1-3-5-9)13(18)16-7-12-17-11(8-21-12)14(19)20/h1-5,8,10H,6-7,15H2,(H,16,18)(H,19,20)/t10-/m1/s1. The van der Waals surface area contributed by atoms with E-state index < -0.39 is 12.0 Å². The Morgan fingerprint density at radius 2 is 2.05 bits per heavy atom. The van der Waals surface area contributed by atoms with Crippen LogP contribution in [0.1, 0.15) is 21.1 Å². The van der Waals surface area contributed by atoms with Crippen LogP contribution in [0.5, 0.6) is 0 Å². The molecule has 0 unspecified atom stereocenters. The molecule has 0 saturated heterocycles. The highest BCUT2D eigenvalue weighted by Gasteiger charge is 2.15. The van der Waals surface area contributed by atoms with Gasteiger partial charge in [0.25, 0.3) is 0 Å². The van der Waals surface area contributed by atoms with Crippen LogP contribution in [0, 0.1) is 0 Å². The topological polar surface area (TPSA) is 105 Å². The number of amides is 1. The van der Waals surface area contributed by atoms with Crippen molar-refractivity contribution in [3.05, 3.63) is 52.0 Å². The molecule has 1 amide bonds. The highest BCUT2D eigenvalue weighted by atomic mass is 32.1. The lowest BCUT2D eigenvalue weighted by Crippen LogP contribution is -2.41. The Kier molecular flexibility index (Phi) is 5.02. The molecule has 1 aromatic heterocycles. The number of nitrogens with one attached hydrogen (secondary N) is 1. The number of carbonyl (C=O) groups is 2. The minimum Gasteiger partial charge on any atom is -0.476 e. The Hall–Kier alpha value is -2.25. The van der Waals surface area contributed by atoms with Crippen molar-refractivity contribution in [3.8, 4) is 0 Å². The van der Waals surface area contributed by atoms with Gasteiger partial charge in [0, 0.05) is 5.38 Å². The first-order chi connectivity index (χ1) is 10.1. The molecule has 0 bridgehead atoms. The van der Waals surface area contributed by atoms with Gasteiger partial charge in [-0.05, 0) is 12.0 Å². The Morgan fingerprint density at radius 3 is 2.67 bits per heavy atom. The number of aromatic carboxylic acids is 1. The van der Waals surface area contributed by atoms with Gasteiger partial charge in [0.15, 0.2) is 5.69 Å². The lowest BCUT2D eigenvalue weighted by Gasteiger charge is -2.11. The Balaban J connectivity index is 1.84. The van der Waals surface area contributed by atoms with Crippen molar-refractivity contribution in [2.45, 2.75) is 19.0 Å². The summed E-state index contributed by atoms with van der Waals surface area (Å²) >= 11 is 1.19. The fourth-order valence-corrected chi connectivity index (χ4v) is 2.45. The number of nitrogens with two attached hydrogens (primary N) is 1. The SMILES string of the molecule is N[C@H](Cc1ccccc1)C(=O)NCc1nc(C(=O)O)cs1. The number of carboxylic acid groups (broad SMARTS) is 1. The fraction of sp³-hybridized carbons (Fsp3) is 0.214. The summed E-state index contributed by atoms with van der Waals surface area (Å²) in [6.07, 6.45) is 0.449. The van der Waals surface area contributed by atoms with Gasteiger partial charge in [-0.1, -0.05) is 30.3 Å². The minimum atomic E-state index is -1.08. The van der Waals surface area contributed by atoms with E-state index in [9.17, 15) is 9.59 Å². The maximum absolute atomic E-state index is 11.9. The average molecular weight is 305 g/mol. The van der Waals surface area contributed by atoms with Gasteiger partial charge >= 0.3 is 5.97 Å². The zero-order valence-corrected chi connectivity index (χ0v) is 12.0. The predicted molar refractivity (Wildman–Crippen MR) is 79.0 cm³/mol. The van der Waals surface area contributed by atoms with Crippen LogP contribution in [0.25, 0.3) is 0 Å². The van der Waals surface area contributed by atoms with Crippen LogP contribution in [-0.2, 0) is 17.8 Å². The number of rotatable bonds is 6. The van der Waals surface area contributed by atoms with Crippen LogP contribution < -0.4 is 11.1 Å². The molecule has 1 aromatic carbocycles. The highest BCUT2D eigenvalue weighted by Crippen LogP contribution is 2.09. The van der Waals surface area contributed by atoms with Crippen molar-refractivity contribution in [2.24, 2.45) is 5.73 Å². The van der Waals surface area contributed by atoms with E-state index in [4.69, 9.17) is 10.8 Å². The van der Waals surface area contributed by atoms with Gasteiger partial charge in [-0.2, -0.15) is 0 Å². The smallest absolute Gasteiger partial charge is 0.355 e. The third-order valence-corrected chi connectivity index (χ3v) is 3.67. The largest absolute Gasteiger partial charge is 0.476 e. The van der Waals surface area contributed by atoms with E-state index in [1.165, 1.54) is 16.7 Å². The monoisotopic (exact) mass is 305 g/mol. The van der Waals surface area contributed by atoms with Gasteiger partial charge in [-0.25, -0.2) is 9.78 Å².